The van der Waals surface area contributed by atoms with Crippen LogP contribution in [0.4, 0.5) is 0 Å². The third kappa shape index (κ3) is 4.32. The molecule has 1 aromatic heterocycles. The molecule has 0 saturated heterocycles. The zero-order valence-corrected chi connectivity index (χ0v) is 11.9. The molecule has 2 aromatic rings. The number of aromatic nitrogens is 1. The monoisotopic (exact) mass is 300 g/mol. The first-order valence-electron chi connectivity index (χ1n) is 6.28. The number of halogens is 1. The summed E-state index contributed by atoms with van der Waals surface area (Å²) in [6.07, 6.45) is 1.49. The third-order valence-corrected chi connectivity index (χ3v) is 3.07. The molecule has 2 N–H and O–H groups in total. The van der Waals surface area contributed by atoms with E-state index < -0.39 is 0 Å². The van der Waals surface area contributed by atoms with E-state index in [4.69, 9.17) is 16.7 Å². The zero-order valence-electron chi connectivity index (χ0n) is 11.1. The summed E-state index contributed by atoms with van der Waals surface area (Å²) in [6.45, 7) is 0.131. The highest BCUT2D eigenvalue weighted by atomic mass is 35.5. The number of nitrogens with one attached hydrogen (secondary N) is 1. The molecule has 0 unspecified atom stereocenters. The van der Waals surface area contributed by atoms with Crippen molar-refractivity contribution in [2.75, 3.05) is 6.61 Å². The smallest absolute Gasteiger partial charge is 0.270 e. The van der Waals surface area contributed by atoms with Crippen molar-refractivity contribution in [2.24, 2.45) is 0 Å². The molecule has 0 aliphatic heterocycles. The zero-order chi connectivity index (χ0) is 15.1. The van der Waals surface area contributed by atoms with E-state index in [1.54, 1.807) is 18.2 Å². The number of pyridine rings is 1. The molecule has 0 radical (unpaired) electrons. The number of hydrogen-bond donors (Lipinski definition) is 2. The first kappa shape index (κ1) is 15.0. The summed E-state index contributed by atoms with van der Waals surface area (Å²) in [7, 11) is 0. The van der Waals surface area contributed by atoms with Crippen LogP contribution < -0.4 is 5.32 Å². The summed E-state index contributed by atoms with van der Waals surface area (Å²) in [5.41, 5.74) is 1.79. The van der Waals surface area contributed by atoms with Gasteiger partial charge < -0.3 is 10.4 Å². The van der Waals surface area contributed by atoms with Gasteiger partial charge in [-0.3, -0.25) is 4.79 Å². The maximum absolute atomic E-state index is 12.0. The Labute approximate surface area is 127 Å². The Morgan fingerprint density at radius 3 is 2.76 bits per heavy atom. The van der Waals surface area contributed by atoms with E-state index in [0.717, 1.165) is 5.56 Å². The van der Waals surface area contributed by atoms with E-state index >= 15 is 0 Å². The quantitative estimate of drug-likeness (QED) is 0.852. The maximum Gasteiger partial charge on any atom is 0.270 e. The Kier molecular flexibility index (Phi) is 5.33. The van der Waals surface area contributed by atoms with Gasteiger partial charge in [0.15, 0.2) is 0 Å². The standard InChI is InChI=1S/C16H13ClN2O2/c17-14-6-2-1-5-13(14)11-19-16(21)15-8-7-12(10-18-15)4-3-9-20/h1-2,5-8,10,20H,9,11H2,(H,19,21). The van der Waals surface area contributed by atoms with Gasteiger partial charge in [-0.25, -0.2) is 4.98 Å². The molecule has 0 fully saturated rings. The van der Waals surface area contributed by atoms with Crippen LogP contribution in [-0.4, -0.2) is 22.6 Å². The molecule has 4 nitrogen and oxygen atoms in total. The number of aliphatic hydroxyl groups is 1. The van der Waals surface area contributed by atoms with Gasteiger partial charge in [0.25, 0.3) is 5.91 Å². The van der Waals surface area contributed by atoms with Gasteiger partial charge in [-0.05, 0) is 23.8 Å². The van der Waals surface area contributed by atoms with Crippen LogP contribution in [-0.2, 0) is 6.54 Å². The fourth-order valence-corrected chi connectivity index (χ4v) is 1.85. The normalized spacial score (nSPS) is 9.62. The van der Waals surface area contributed by atoms with Crippen molar-refractivity contribution in [1.82, 2.24) is 10.3 Å². The maximum atomic E-state index is 12.0. The van der Waals surface area contributed by atoms with Gasteiger partial charge in [-0.1, -0.05) is 41.6 Å². The average Bonchev–Trinajstić information content (AvgIpc) is 2.52. The van der Waals surface area contributed by atoms with Gasteiger partial charge in [0.1, 0.15) is 12.3 Å². The highest BCUT2D eigenvalue weighted by Crippen LogP contribution is 2.14. The van der Waals surface area contributed by atoms with Crippen LogP contribution in [0.25, 0.3) is 0 Å². The lowest BCUT2D eigenvalue weighted by molar-refractivity contribution is 0.0946. The van der Waals surface area contributed by atoms with Gasteiger partial charge >= 0.3 is 0 Å². The number of nitrogens with zero attached hydrogens (tertiary/aromatic N) is 1. The molecule has 1 amide bonds. The first-order valence-corrected chi connectivity index (χ1v) is 6.66. The van der Waals surface area contributed by atoms with Crippen LogP contribution in [0.1, 0.15) is 21.6 Å². The number of carbonyl (C=O) groups is 1. The largest absolute Gasteiger partial charge is 0.384 e. The molecule has 2 rings (SSSR count). The van der Waals surface area contributed by atoms with Crippen molar-refractivity contribution in [3.05, 3.63) is 64.4 Å². The minimum Gasteiger partial charge on any atom is -0.384 e. The Morgan fingerprint density at radius 2 is 2.10 bits per heavy atom. The van der Waals surface area contributed by atoms with E-state index in [9.17, 15) is 4.79 Å². The highest BCUT2D eigenvalue weighted by molar-refractivity contribution is 6.31. The van der Waals surface area contributed by atoms with Gasteiger partial charge in [0, 0.05) is 23.3 Å². The topological polar surface area (TPSA) is 62.2 Å². The fourth-order valence-electron chi connectivity index (χ4n) is 1.65. The van der Waals surface area contributed by atoms with Gasteiger partial charge in [-0.2, -0.15) is 0 Å². The second-order valence-electron chi connectivity index (χ2n) is 4.17. The van der Waals surface area contributed by atoms with E-state index in [1.165, 1.54) is 6.20 Å². The van der Waals surface area contributed by atoms with E-state index in [-0.39, 0.29) is 12.5 Å². The SMILES string of the molecule is O=C(NCc1ccccc1Cl)c1ccc(C#CCO)cn1. The number of rotatable bonds is 3. The minimum atomic E-state index is -0.281. The highest BCUT2D eigenvalue weighted by Gasteiger charge is 2.07. The molecule has 5 heteroatoms. The number of benzene rings is 1. The Bertz CT molecular complexity index is 687. The van der Waals surface area contributed by atoms with Crippen molar-refractivity contribution >= 4 is 17.5 Å². The molecule has 0 spiro atoms. The van der Waals surface area contributed by atoms with Crippen LogP contribution in [0, 0.1) is 11.8 Å². The molecular formula is C16H13ClN2O2. The van der Waals surface area contributed by atoms with Gasteiger partial charge in [0.2, 0.25) is 0 Å². The molecule has 0 aliphatic rings. The summed E-state index contributed by atoms with van der Waals surface area (Å²) in [6, 6.07) is 10.6. The lowest BCUT2D eigenvalue weighted by Crippen LogP contribution is -2.23. The predicted octanol–water partition coefficient (Wildman–Crippen LogP) is 2.01. The average molecular weight is 301 g/mol. The van der Waals surface area contributed by atoms with Crippen molar-refractivity contribution in [3.63, 3.8) is 0 Å². The minimum absolute atomic E-state index is 0.208. The summed E-state index contributed by atoms with van der Waals surface area (Å²) in [5, 5.41) is 12.0. The summed E-state index contributed by atoms with van der Waals surface area (Å²) < 4.78 is 0. The molecule has 106 valence electrons. The summed E-state index contributed by atoms with van der Waals surface area (Å²) in [4.78, 5) is 16.0. The molecular weight excluding hydrogens is 288 g/mol. The first-order chi connectivity index (χ1) is 10.2. The predicted molar refractivity (Wildman–Crippen MR) is 80.8 cm³/mol. The van der Waals surface area contributed by atoms with E-state index in [1.807, 2.05) is 18.2 Å². The number of hydrogen-bond acceptors (Lipinski definition) is 3. The molecule has 0 saturated carbocycles. The second kappa shape index (κ2) is 7.44. The number of aliphatic hydroxyl groups excluding tert-OH is 1. The van der Waals surface area contributed by atoms with Crippen molar-refractivity contribution in [3.8, 4) is 11.8 Å². The fraction of sp³-hybridized carbons (Fsp3) is 0.125. The lowest BCUT2D eigenvalue weighted by atomic mass is 10.2. The van der Waals surface area contributed by atoms with Crippen LogP contribution in [0.5, 0.6) is 0 Å². The molecule has 0 atom stereocenters. The van der Waals surface area contributed by atoms with Crippen molar-refractivity contribution < 1.29 is 9.90 Å². The Hall–Kier alpha value is -2.35. The van der Waals surface area contributed by atoms with Gasteiger partial charge in [0.05, 0.1) is 0 Å². The molecule has 0 aliphatic carbocycles. The van der Waals surface area contributed by atoms with E-state index in [0.29, 0.717) is 22.8 Å². The van der Waals surface area contributed by atoms with Crippen LogP contribution in [0.2, 0.25) is 5.02 Å². The molecule has 21 heavy (non-hydrogen) atoms. The second-order valence-corrected chi connectivity index (χ2v) is 4.57. The molecule has 1 aromatic carbocycles. The third-order valence-electron chi connectivity index (χ3n) is 2.71. The van der Waals surface area contributed by atoms with Crippen LogP contribution in [0.15, 0.2) is 42.6 Å². The van der Waals surface area contributed by atoms with Crippen molar-refractivity contribution in [1.29, 1.82) is 0 Å². The van der Waals surface area contributed by atoms with Crippen LogP contribution >= 0.6 is 11.6 Å². The van der Waals surface area contributed by atoms with Crippen molar-refractivity contribution in [2.45, 2.75) is 6.54 Å². The number of carbonyl (C=O) groups excluding carboxylic acids is 1. The number of amides is 1. The van der Waals surface area contributed by atoms with Crippen LogP contribution in [0.3, 0.4) is 0 Å². The molecule has 0 bridgehead atoms. The molecule has 1 heterocycles. The van der Waals surface area contributed by atoms with E-state index in [2.05, 4.69) is 22.1 Å². The summed E-state index contributed by atoms with van der Waals surface area (Å²) >= 11 is 6.02. The van der Waals surface area contributed by atoms with Gasteiger partial charge in [-0.15, -0.1) is 0 Å². The Balaban J connectivity index is 1.99. The lowest BCUT2D eigenvalue weighted by Gasteiger charge is -2.06. The summed E-state index contributed by atoms with van der Waals surface area (Å²) in [5.74, 6) is 4.95. The Morgan fingerprint density at radius 1 is 1.29 bits per heavy atom.